The summed E-state index contributed by atoms with van der Waals surface area (Å²) in [6, 6.07) is 11.4. The predicted octanol–water partition coefficient (Wildman–Crippen LogP) is 1.39. The number of hydrogen-bond donors (Lipinski definition) is 2. The second kappa shape index (κ2) is 5.58. The zero-order chi connectivity index (χ0) is 14.7. The van der Waals surface area contributed by atoms with Crippen LogP contribution in [0.3, 0.4) is 0 Å². The van der Waals surface area contributed by atoms with Crippen LogP contribution in [0.4, 0.5) is 5.82 Å². The van der Waals surface area contributed by atoms with Gasteiger partial charge in [-0.1, -0.05) is 17.2 Å². The molecule has 0 radical (unpaired) electrons. The van der Waals surface area contributed by atoms with Crippen molar-refractivity contribution in [3.63, 3.8) is 0 Å². The van der Waals surface area contributed by atoms with E-state index >= 15 is 0 Å². The topological polar surface area (TPSA) is 79.3 Å². The largest absolute Gasteiger partial charge is 0.497 e. The fourth-order valence-corrected chi connectivity index (χ4v) is 1.88. The lowest BCUT2D eigenvalue weighted by atomic mass is 10.1. The zero-order valence-electron chi connectivity index (χ0n) is 11.7. The molecule has 2 aromatic heterocycles. The van der Waals surface area contributed by atoms with Gasteiger partial charge in [0, 0.05) is 16.7 Å². The normalized spacial score (nSPS) is 11.6. The van der Waals surface area contributed by atoms with E-state index in [0.29, 0.717) is 5.82 Å². The van der Waals surface area contributed by atoms with E-state index in [9.17, 15) is 0 Å². The van der Waals surface area contributed by atoms with Crippen LogP contribution in [-0.2, 0) is 0 Å². The van der Waals surface area contributed by atoms with E-state index in [2.05, 4.69) is 25.8 Å². The first-order valence-electron chi connectivity index (χ1n) is 6.43. The molecule has 0 aliphatic heterocycles. The maximum Gasteiger partial charge on any atom is 0.325 e. The van der Waals surface area contributed by atoms with Crippen molar-refractivity contribution in [2.45, 2.75) is 6.92 Å². The van der Waals surface area contributed by atoms with Crippen LogP contribution >= 0.6 is 0 Å². The van der Waals surface area contributed by atoms with Crippen LogP contribution < -0.4 is 14.7 Å². The van der Waals surface area contributed by atoms with E-state index < -0.39 is 0 Å². The summed E-state index contributed by atoms with van der Waals surface area (Å²) < 4.78 is 6.84. The Labute approximate surface area is 121 Å². The first kappa shape index (κ1) is 13.0. The highest BCUT2D eigenvalue weighted by Gasteiger charge is 2.05. The Balaban J connectivity index is 1.80. The second-order valence-electron chi connectivity index (χ2n) is 4.43. The summed E-state index contributed by atoms with van der Waals surface area (Å²) in [4.78, 5) is 0. The van der Waals surface area contributed by atoms with Gasteiger partial charge in [0.2, 0.25) is 6.33 Å². The average Bonchev–Trinajstić information content (AvgIpc) is 3.00. The maximum absolute atomic E-state index is 5.21. The first-order chi connectivity index (χ1) is 10.3. The number of nitrogens with one attached hydrogen (secondary N) is 2. The number of ether oxygens (including phenoxy) is 1. The highest BCUT2D eigenvalue weighted by atomic mass is 16.5. The van der Waals surface area contributed by atoms with Gasteiger partial charge in [-0.2, -0.15) is 5.10 Å². The molecule has 1 aromatic carbocycles. The van der Waals surface area contributed by atoms with Crippen LogP contribution in [0.15, 0.2) is 47.8 Å². The average molecular weight is 283 g/mol. The minimum atomic E-state index is 0.635. The Bertz CT molecular complexity index is 795. The summed E-state index contributed by atoms with van der Waals surface area (Å²) in [6.45, 7) is 1.92. The molecule has 21 heavy (non-hydrogen) atoms. The molecule has 0 fully saturated rings. The van der Waals surface area contributed by atoms with Crippen molar-refractivity contribution in [2.24, 2.45) is 5.10 Å². The molecular weight excluding hydrogens is 268 g/mol. The molecule has 0 spiro atoms. The number of aromatic amines is 1. The summed E-state index contributed by atoms with van der Waals surface area (Å²) in [6.07, 6.45) is 1.67. The summed E-state index contributed by atoms with van der Waals surface area (Å²) in [5.74, 6) is 1.44. The molecule has 0 aliphatic carbocycles. The molecule has 0 unspecified atom stereocenters. The number of H-pyrrole nitrogens is 1. The Hall–Kier alpha value is -2.96. The number of anilines is 1. The van der Waals surface area contributed by atoms with Crippen LogP contribution in [-0.4, -0.2) is 28.1 Å². The molecule has 0 bridgehead atoms. The van der Waals surface area contributed by atoms with Crippen molar-refractivity contribution in [3.05, 3.63) is 48.3 Å². The third kappa shape index (κ3) is 2.81. The number of fused-ring (bicyclic) bond motifs is 1. The Morgan fingerprint density at radius 2 is 2.24 bits per heavy atom. The SMILES string of the molecule is COc1cccc(/C(C)=N/Nc2ccc3n[nH]c[n+]3n2)c1. The van der Waals surface area contributed by atoms with Crippen molar-refractivity contribution in [1.82, 2.24) is 15.3 Å². The molecule has 2 N–H and O–H groups in total. The predicted molar refractivity (Wildman–Crippen MR) is 78.4 cm³/mol. The third-order valence-electron chi connectivity index (χ3n) is 3.03. The number of rotatable bonds is 4. The summed E-state index contributed by atoms with van der Waals surface area (Å²) in [5.41, 5.74) is 5.51. The molecule has 0 saturated carbocycles. The molecule has 7 nitrogen and oxygen atoms in total. The van der Waals surface area contributed by atoms with Crippen LogP contribution in [0.5, 0.6) is 5.75 Å². The number of hydrazone groups is 1. The van der Waals surface area contributed by atoms with E-state index in [-0.39, 0.29) is 0 Å². The molecule has 7 heteroatoms. The van der Waals surface area contributed by atoms with Crippen molar-refractivity contribution in [1.29, 1.82) is 0 Å². The number of nitrogens with zero attached hydrogens (tertiary/aromatic N) is 4. The maximum atomic E-state index is 5.21. The Morgan fingerprint density at radius 3 is 3.10 bits per heavy atom. The van der Waals surface area contributed by atoms with Gasteiger partial charge >= 0.3 is 5.65 Å². The molecule has 0 atom stereocenters. The van der Waals surface area contributed by atoms with Crippen LogP contribution in [0.2, 0.25) is 0 Å². The fourth-order valence-electron chi connectivity index (χ4n) is 1.88. The number of hydrogen-bond acceptors (Lipinski definition) is 5. The Morgan fingerprint density at radius 1 is 1.33 bits per heavy atom. The van der Waals surface area contributed by atoms with Gasteiger partial charge in [-0.3, -0.25) is 5.43 Å². The van der Waals surface area contributed by atoms with E-state index in [0.717, 1.165) is 22.7 Å². The minimum absolute atomic E-state index is 0.635. The highest BCUT2D eigenvalue weighted by molar-refractivity contribution is 5.99. The molecule has 3 rings (SSSR count). The van der Waals surface area contributed by atoms with Gasteiger partial charge in [0.25, 0.3) is 0 Å². The lowest BCUT2D eigenvalue weighted by Gasteiger charge is -2.04. The fraction of sp³-hybridized carbons (Fsp3) is 0.143. The molecule has 0 saturated heterocycles. The summed E-state index contributed by atoms with van der Waals surface area (Å²) in [7, 11) is 1.64. The van der Waals surface area contributed by atoms with Crippen LogP contribution in [0.25, 0.3) is 5.65 Å². The summed E-state index contributed by atoms with van der Waals surface area (Å²) in [5, 5.41) is 15.4. The molecule has 0 aliphatic rings. The van der Waals surface area contributed by atoms with E-state index in [1.54, 1.807) is 18.0 Å². The van der Waals surface area contributed by atoms with Crippen molar-refractivity contribution in [3.8, 4) is 5.75 Å². The van der Waals surface area contributed by atoms with Crippen LogP contribution in [0, 0.1) is 0 Å². The number of aromatic nitrogens is 4. The smallest absolute Gasteiger partial charge is 0.325 e. The minimum Gasteiger partial charge on any atom is -0.497 e. The van der Waals surface area contributed by atoms with Gasteiger partial charge in [-0.15, -0.1) is 9.61 Å². The monoisotopic (exact) mass is 283 g/mol. The van der Waals surface area contributed by atoms with E-state index in [1.807, 2.05) is 43.3 Å². The molecule has 0 amide bonds. The molecule has 3 aromatic rings. The number of benzene rings is 1. The molecule has 2 heterocycles. The highest BCUT2D eigenvalue weighted by Crippen LogP contribution is 2.13. The third-order valence-corrected chi connectivity index (χ3v) is 3.03. The van der Waals surface area contributed by atoms with Gasteiger partial charge < -0.3 is 4.74 Å². The second-order valence-corrected chi connectivity index (χ2v) is 4.43. The van der Waals surface area contributed by atoms with Gasteiger partial charge in [0.1, 0.15) is 5.75 Å². The van der Waals surface area contributed by atoms with Crippen molar-refractivity contribution >= 4 is 17.2 Å². The van der Waals surface area contributed by atoms with E-state index in [4.69, 9.17) is 4.74 Å². The lowest BCUT2D eigenvalue weighted by molar-refractivity contribution is -0.579. The zero-order valence-corrected chi connectivity index (χ0v) is 11.7. The van der Waals surface area contributed by atoms with Gasteiger partial charge in [-0.05, 0) is 25.1 Å². The van der Waals surface area contributed by atoms with E-state index in [1.165, 1.54) is 0 Å². The van der Waals surface area contributed by atoms with Gasteiger partial charge in [0.05, 0.1) is 12.8 Å². The first-order valence-corrected chi connectivity index (χ1v) is 6.43. The Kier molecular flexibility index (Phi) is 3.46. The van der Waals surface area contributed by atoms with Crippen molar-refractivity contribution in [2.75, 3.05) is 12.5 Å². The quantitative estimate of drug-likeness (QED) is 0.431. The molecule has 106 valence electrons. The number of methoxy groups -OCH3 is 1. The summed E-state index contributed by atoms with van der Waals surface area (Å²) >= 11 is 0. The molecular formula is C14H15N6O+. The van der Waals surface area contributed by atoms with Gasteiger partial charge in [-0.25, -0.2) is 0 Å². The standard InChI is InChI=1S/C14H14N6O/c1-10(11-4-3-5-12(8-11)21-2)16-17-13-6-7-14-18-15-9-20(14)19-13/h3-9H,1-2H3,(H,17,19)/p+1/b16-10+. The van der Waals surface area contributed by atoms with Gasteiger partial charge in [0.15, 0.2) is 5.82 Å². The van der Waals surface area contributed by atoms with Crippen LogP contribution in [0.1, 0.15) is 12.5 Å². The van der Waals surface area contributed by atoms with Crippen molar-refractivity contribution < 1.29 is 9.25 Å². The lowest BCUT2D eigenvalue weighted by Crippen LogP contribution is -2.24.